The van der Waals surface area contributed by atoms with E-state index in [9.17, 15) is 9.18 Å². The highest BCUT2D eigenvalue weighted by molar-refractivity contribution is 5.89. The van der Waals surface area contributed by atoms with Crippen molar-refractivity contribution in [2.24, 2.45) is 0 Å². The predicted molar refractivity (Wildman–Crippen MR) is 95.1 cm³/mol. The molecule has 6 heteroatoms. The van der Waals surface area contributed by atoms with Crippen LogP contribution in [-0.4, -0.2) is 34.0 Å². The van der Waals surface area contributed by atoms with Crippen molar-refractivity contribution in [3.63, 3.8) is 0 Å². The standard InChI is InChI=1S/C19H19FN4O/c20-14-5-1-2-6-15(14)23-19(25)24-11-9-13(10-12-24)18-21-16-7-3-4-8-17(16)22-18/h1-8,13H,9-12H2,(H,21,22)(H,23,25). The molecule has 0 saturated carbocycles. The number of H-pyrrole nitrogens is 1. The molecule has 2 aromatic carbocycles. The topological polar surface area (TPSA) is 61.0 Å². The number of aromatic nitrogens is 2. The van der Waals surface area contributed by atoms with Gasteiger partial charge in [0.05, 0.1) is 16.7 Å². The normalized spacial score (nSPS) is 15.5. The van der Waals surface area contributed by atoms with E-state index in [1.807, 2.05) is 24.3 Å². The minimum Gasteiger partial charge on any atom is -0.342 e. The minimum absolute atomic E-state index is 0.215. The van der Waals surface area contributed by atoms with Crippen molar-refractivity contribution < 1.29 is 9.18 Å². The summed E-state index contributed by atoms with van der Waals surface area (Å²) in [6.45, 7) is 1.25. The van der Waals surface area contributed by atoms with Gasteiger partial charge in [-0.2, -0.15) is 0 Å². The molecule has 0 aliphatic carbocycles. The number of para-hydroxylation sites is 3. The van der Waals surface area contributed by atoms with Crippen LogP contribution in [0.1, 0.15) is 24.6 Å². The number of urea groups is 1. The molecular weight excluding hydrogens is 319 g/mol. The van der Waals surface area contributed by atoms with Gasteiger partial charge < -0.3 is 15.2 Å². The third kappa shape index (κ3) is 3.20. The highest BCUT2D eigenvalue weighted by Gasteiger charge is 2.26. The fourth-order valence-corrected chi connectivity index (χ4v) is 3.28. The minimum atomic E-state index is -0.423. The molecule has 4 rings (SSSR count). The van der Waals surface area contributed by atoms with Gasteiger partial charge >= 0.3 is 6.03 Å². The second-order valence-electron chi connectivity index (χ2n) is 6.31. The van der Waals surface area contributed by atoms with Gasteiger partial charge in [0.2, 0.25) is 0 Å². The van der Waals surface area contributed by atoms with Gasteiger partial charge in [0, 0.05) is 19.0 Å². The predicted octanol–water partition coefficient (Wildman–Crippen LogP) is 4.11. The number of likely N-dealkylation sites (tertiary alicyclic amines) is 1. The summed E-state index contributed by atoms with van der Waals surface area (Å²) in [5, 5.41) is 2.64. The van der Waals surface area contributed by atoms with E-state index >= 15 is 0 Å². The number of amides is 2. The van der Waals surface area contributed by atoms with Gasteiger partial charge in [-0.3, -0.25) is 0 Å². The molecule has 0 spiro atoms. The van der Waals surface area contributed by atoms with Crippen molar-refractivity contribution in [1.29, 1.82) is 0 Å². The quantitative estimate of drug-likeness (QED) is 0.738. The molecule has 1 fully saturated rings. The van der Waals surface area contributed by atoms with Gasteiger partial charge in [-0.25, -0.2) is 14.2 Å². The largest absolute Gasteiger partial charge is 0.342 e. The van der Waals surface area contributed by atoms with Crippen LogP contribution in [0.4, 0.5) is 14.9 Å². The number of halogens is 1. The van der Waals surface area contributed by atoms with Crippen LogP contribution in [0.15, 0.2) is 48.5 Å². The van der Waals surface area contributed by atoms with E-state index in [4.69, 9.17) is 0 Å². The fourth-order valence-electron chi connectivity index (χ4n) is 3.28. The van der Waals surface area contributed by atoms with E-state index in [0.29, 0.717) is 19.0 Å². The maximum absolute atomic E-state index is 13.7. The lowest BCUT2D eigenvalue weighted by Crippen LogP contribution is -2.40. The van der Waals surface area contributed by atoms with Crippen LogP contribution in [0, 0.1) is 5.82 Å². The number of hydrogen-bond donors (Lipinski definition) is 2. The van der Waals surface area contributed by atoms with Crippen LogP contribution in [0.3, 0.4) is 0 Å². The SMILES string of the molecule is O=C(Nc1ccccc1F)N1CCC(c2nc3ccccc3[nH]2)CC1. The molecule has 2 amide bonds. The Balaban J connectivity index is 1.39. The number of hydrogen-bond acceptors (Lipinski definition) is 2. The zero-order valence-corrected chi connectivity index (χ0v) is 13.7. The maximum Gasteiger partial charge on any atom is 0.321 e. The van der Waals surface area contributed by atoms with Crippen molar-refractivity contribution in [3.05, 3.63) is 60.2 Å². The fraction of sp³-hybridized carbons (Fsp3) is 0.263. The summed E-state index contributed by atoms with van der Waals surface area (Å²) in [5.74, 6) is 0.869. The van der Waals surface area contributed by atoms with Gasteiger partial charge in [0.25, 0.3) is 0 Å². The second-order valence-corrected chi connectivity index (χ2v) is 6.31. The van der Waals surface area contributed by atoms with E-state index in [2.05, 4.69) is 15.3 Å². The van der Waals surface area contributed by atoms with E-state index in [1.165, 1.54) is 6.07 Å². The molecule has 2 heterocycles. The Morgan fingerprint density at radius 1 is 1.12 bits per heavy atom. The van der Waals surface area contributed by atoms with Gasteiger partial charge in [0.15, 0.2) is 0 Å². The van der Waals surface area contributed by atoms with E-state index in [0.717, 1.165) is 29.7 Å². The van der Waals surface area contributed by atoms with E-state index in [1.54, 1.807) is 23.1 Å². The lowest BCUT2D eigenvalue weighted by Gasteiger charge is -2.31. The number of carbonyl (C=O) groups excluding carboxylic acids is 1. The Hall–Kier alpha value is -2.89. The van der Waals surface area contributed by atoms with Gasteiger partial charge in [0.1, 0.15) is 11.6 Å². The van der Waals surface area contributed by atoms with Crippen LogP contribution in [0.5, 0.6) is 0 Å². The number of benzene rings is 2. The van der Waals surface area contributed by atoms with Crippen LogP contribution in [0.2, 0.25) is 0 Å². The lowest BCUT2D eigenvalue weighted by molar-refractivity contribution is 0.193. The van der Waals surface area contributed by atoms with Gasteiger partial charge in [-0.05, 0) is 37.1 Å². The van der Waals surface area contributed by atoms with Crippen molar-refractivity contribution >= 4 is 22.8 Å². The molecule has 1 aromatic heterocycles. The van der Waals surface area contributed by atoms with Crippen molar-refractivity contribution in [3.8, 4) is 0 Å². The summed E-state index contributed by atoms with van der Waals surface area (Å²) in [5.41, 5.74) is 2.22. The number of nitrogens with zero attached hydrogens (tertiary/aromatic N) is 2. The number of nitrogens with one attached hydrogen (secondary N) is 2. The molecule has 1 saturated heterocycles. The maximum atomic E-state index is 13.7. The molecule has 3 aromatic rings. The number of fused-ring (bicyclic) bond motifs is 1. The molecule has 0 bridgehead atoms. The molecular formula is C19H19FN4O. The Labute approximate surface area is 144 Å². The highest BCUT2D eigenvalue weighted by atomic mass is 19.1. The summed E-state index contributed by atoms with van der Waals surface area (Å²) in [7, 11) is 0. The second kappa shape index (κ2) is 6.55. The Morgan fingerprint density at radius 3 is 2.60 bits per heavy atom. The van der Waals surface area contributed by atoms with Crippen molar-refractivity contribution in [1.82, 2.24) is 14.9 Å². The summed E-state index contributed by atoms with van der Waals surface area (Å²) in [6, 6.07) is 13.9. The molecule has 0 atom stereocenters. The van der Waals surface area contributed by atoms with Gasteiger partial charge in [-0.1, -0.05) is 24.3 Å². The first-order valence-corrected chi connectivity index (χ1v) is 8.46. The lowest BCUT2D eigenvalue weighted by atomic mass is 9.96. The molecule has 1 aliphatic rings. The van der Waals surface area contributed by atoms with Crippen LogP contribution in [-0.2, 0) is 0 Å². The molecule has 1 aliphatic heterocycles. The Morgan fingerprint density at radius 2 is 1.84 bits per heavy atom. The summed E-state index contributed by atoms with van der Waals surface area (Å²) in [4.78, 5) is 22.1. The molecule has 25 heavy (non-hydrogen) atoms. The highest BCUT2D eigenvalue weighted by Crippen LogP contribution is 2.28. The number of carbonyl (C=O) groups is 1. The van der Waals surface area contributed by atoms with E-state index < -0.39 is 5.82 Å². The number of anilines is 1. The van der Waals surface area contributed by atoms with Gasteiger partial charge in [-0.15, -0.1) is 0 Å². The van der Waals surface area contributed by atoms with Crippen molar-refractivity contribution in [2.75, 3.05) is 18.4 Å². The third-order valence-electron chi connectivity index (χ3n) is 4.69. The summed E-state index contributed by atoms with van der Waals surface area (Å²) >= 11 is 0. The van der Waals surface area contributed by atoms with E-state index in [-0.39, 0.29) is 11.7 Å². The first-order chi connectivity index (χ1) is 12.2. The number of aromatic amines is 1. The smallest absolute Gasteiger partial charge is 0.321 e. The van der Waals surface area contributed by atoms with Crippen LogP contribution in [0.25, 0.3) is 11.0 Å². The first kappa shape index (κ1) is 15.6. The Bertz CT molecular complexity index is 866. The molecule has 5 nitrogen and oxygen atoms in total. The zero-order chi connectivity index (χ0) is 17.2. The average molecular weight is 338 g/mol. The molecule has 2 N–H and O–H groups in total. The number of piperidine rings is 1. The van der Waals surface area contributed by atoms with Crippen molar-refractivity contribution in [2.45, 2.75) is 18.8 Å². The van der Waals surface area contributed by atoms with Crippen LogP contribution < -0.4 is 5.32 Å². The first-order valence-electron chi connectivity index (χ1n) is 8.46. The number of imidazole rings is 1. The van der Waals surface area contributed by atoms with Crippen LogP contribution >= 0.6 is 0 Å². The molecule has 128 valence electrons. The monoisotopic (exact) mass is 338 g/mol. The zero-order valence-electron chi connectivity index (χ0n) is 13.7. The molecule has 0 radical (unpaired) electrons. The third-order valence-corrected chi connectivity index (χ3v) is 4.69. The average Bonchev–Trinajstić information content (AvgIpc) is 3.08. The summed E-state index contributed by atoms with van der Waals surface area (Å²) in [6.07, 6.45) is 1.68. The Kier molecular flexibility index (Phi) is 4.09. The molecule has 0 unspecified atom stereocenters. The number of rotatable bonds is 2. The summed E-state index contributed by atoms with van der Waals surface area (Å²) < 4.78 is 13.7.